The van der Waals surface area contributed by atoms with E-state index in [1.54, 1.807) is 6.07 Å². The van der Waals surface area contributed by atoms with E-state index in [2.05, 4.69) is 17.0 Å². The van der Waals surface area contributed by atoms with Gasteiger partial charge in [0, 0.05) is 10.9 Å². The molecule has 0 saturated carbocycles. The maximum atomic E-state index is 12.2. The Kier molecular flexibility index (Phi) is 6.99. The predicted molar refractivity (Wildman–Crippen MR) is 81.3 cm³/mol. The predicted octanol–water partition coefficient (Wildman–Crippen LogP) is 2.37. The molecule has 0 saturated heterocycles. The van der Waals surface area contributed by atoms with Crippen molar-refractivity contribution in [3.8, 4) is 0 Å². The van der Waals surface area contributed by atoms with Gasteiger partial charge in [-0.1, -0.05) is 20.8 Å². The Morgan fingerprint density at radius 1 is 1.21 bits per heavy atom. The molecule has 19 heavy (non-hydrogen) atoms. The van der Waals surface area contributed by atoms with Crippen molar-refractivity contribution in [2.24, 2.45) is 0 Å². The lowest BCUT2D eigenvalue weighted by Crippen LogP contribution is -2.33. The molecule has 0 aromatic carbocycles. The lowest BCUT2D eigenvalue weighted by atomic mass is 10.2. The summed E-state index contributed by atoms with van der Waals surface area (Å²) in [4.78, 5) is 1.10. The normalized spacial score (nSPS) is 12.2. The van der Waals surface area contributed by atoms with Gasteiger partial charge in [-0.3, -0.25) is 0 Å². The van der Waals surface area contributed by atoms with Crippen molar-refractivity contribution in [1.29, 1.82) is 0 Å². The van der Waals surface area contributed by atoms with E-state index in [0.717, 1.165) is 37.2 Å². The van der Waals surface area contributed by atoms with Crippen LogP contribution in [0.1, 0.15) is 38.5 Å². The van der Waals surface area contributed by atoms with Gasteiger partial charge in [-0.2, -0.15) is 0 Å². The summed E-state index contributed by atoms with van der Waals surface area (Å²) in [5.41, 5.74) is 0. The van der Waals surface area contributed by atoms with Crippen molar-refractivity contribution in [2.45, 2.75) is 50.3 Å². The highest BCUT2D eigenvalue weighted by Crippen LogP contribution is 2.22. The Labute approximate surface area is 120 Å². The van der Waals surface area contributed by atoms with E-state index in [-0.39, 0.29) is 6.04 Å². The fourth-order valence-electron chi connectivity index (χ4n) is 1.76. The summed E-state index contributed by atoms with van der Waals surface area (Å²) in [7, 11) is -3.35. The van der Waals surface area contributed by atoms with Crippen molar-refractivity contribution in [2.75, 3.05) is 13.1 Å². The van der Waals surface area contributed by atoms with Crippen LogP contribution in [0, 0.1) is 0 Å². The lowest BCUT2D eigenvalue weighted by Gasteiger charge is -2.13. The number of likely N-dealkylation sites (N-methyl/N-ethyl adjacent to an activating group) is 1. The second-order valence-electron chi connectivity index (χ2n) is 4.46. The third-order valence-corrected chi connectivity index (χ3v) is 6.16. The Hall–Kier alpha value is -0.430. The molecule has 0 unspecified atom stereocenters. The molecule has 1 aromatic rings. The standard InChI is InChI=1S/C13H24N2O2S2/c1-4-11(5-2)15-19(16,17)13-8-7-12(18-13)9-10-14-6-3/h7-8,11,14-15H,4-6,9-10H2,1-3H3. The third kappa shape index (κ3) is 5.22. The summed E-state index contributed by atoms with van der Waals surface area (Å²) in [5.74, 6) is 0. The van der Waals surface area contributed by atoms with Crippen molar-refractivity contribution in [1.82, 2.24) is 10.0 Å². The van der Waals surface area contributed by atoms with Gasteiger partial charge in [-0.15, -0.1) is 11.3 Å². The summed E-state index contributed by atoms with van der Waals surface area (Å²) < 4.78 is 27.6. The Morgan fingerprint density at radius 2 is 1.89 bits per heavy atom. The Balaban J connectivity index is 2.68. The molecule has 0 radical (unpaired) electrons. The Bertz CT molecular complexity index is 465. The first-order valence-corrected chi connectivity index (χ1v) is 9.15. The van der Waals surface area contributed by atoms with Gasteiger partial charge in [0.15, 0.2) is 0 Å². The molecule has 0 aliphatic carbocycles. The fourth-order valence-corrected chi connectivity index (χ4v) is 4.53. The minimum absolute atomic E-state index is 0.0253. The average molecular weight is 304 g/mol. The first-order valence-electron chi connectivity index (χ1n) is 6.85. The second-order valence-corrected chi connectivity index (χ2v) is 7.57. The summed E-state index contributed by atoms with van der Waals surface area (Å²) in [6, 6.07) is 3.64. The minimum atomic E-state index is -3.35. The van der Waals surface area contributed by atoms with Gasteiger partial charge in [0.2, 0.25) is 10.0 Å². The van der Waals surface area contributed by atoms with E-state index >= 15 is 0 Å². The average Bonchev–Trinajstić information content (AvgIpc) is 2.86. The van der Waals surface area contributed by atoms with E-state index < -0.39 is 10.0 Å². The fraction of sp³-hybridized carbons (Fsp3) is 0.692. The molecular weight excluding hydrogens is 280 g/mol. The van der Waals surface area contributed by atoms with Gasteiger partial charge in [0.05, 0.1) is 0 Å². The second kappa shape index (κ2) is 7.99. The van der Waals surface area contributed by atoms with Gasteiger partial charge in [0.1, 0.15) is 4.21 Å². The monoisotopic (exact) mass is 304 g/mol. The van der Waals surface area contributed by atoms with Crippen molar-refractivity contribution >= 4 is 21.4 Å². The van der Waals surface area contributed by atoms with Crippen LogP contribution in [0.5, 0.6) is 0 Å². The van der Waals surface area contributed by atoms with Gasteiger partial charge >= 0.3 is 0 Å². The van der Waals surface area contributed by atoms with Crippen molar-refractivity contribution in [3.63, 3.8) is 0 Å². The summed E-state index contributed by atoms with van der Waals surface area (Å²) in [6.45, 7) is 7.87. The molecule has 0 bridgehead atoms. The summed E-state index contributed by atoms with van der Waals surface area (Å²) in [6.07, 6.45) is 2.50. The number of hydrogen-bond donors (Lipinski definition) is 2. The molecule has 0 fully saturated rings. The number of sulfonamides is 1. The molecule has 1 rings (SSSR count). The van der Waals surface area contributed by atoms with Gasteiger partial charge < -0.3 is 5.32 Å². The van der Waals surface area contributed by atoms with Gasteiger partial charge in [-0.05, 0) is 44.5 Å². The van der Waals surface area contributed by atoms with E-state index in [9.17, 15) is 8.42 Å². The van der Waals surface area contributed by atoms with Crippen LogP contribution in [0.2, 0.25) is 0 Å². The zero-order valence-corrected chi connectivity index (χ0v) is 13.5. The molecule has 6 heteroatoms. The van der Waals surface area contributed by atoms with Crippen LogP contribution in [-0.4, -0.2) is 27.5 Å². The van der Waals surface area contributed by atoms with Crippen molar-refractivity contribution < 1.29 is 8.42 Å². The molecule has 1 heterocycles. The first-order chi connectivity index (χ1) is 9.03. The molecule has 0 spiro atoms. The van der Waals surface area contributed by atoms with E-state index in [4.69, 9.17) is 0 Å². The molecular formula is C13H24N2O2S2. The van der Waals surface area contributed by atoms with Crippen LogP contribution in [0.4, 0.5) is 0 Å². The van der Waals surface area contributed by atoms with Crippen LogP contribution in [0.25, 0.3) is 0 Å². The number of nitrogens with one attached hydrogen (secondary N) is 2. The SMILES string of the molecule is CCNCCc1ccc(S(=O)(=O)NC(CC)CC)s1. The largest absolute Gasteiger partial charge is 0.317 e. The molecule has 4 nitrogen and oxygen atoms in total. The molecule has 0 atom stereocenters. The molecule has 1 aromatic heterocycles. The zero-order chi connectivity index (χ0) is 14.3. The van der Waals surface area contributed by atoms with Crippen LogP contribution in [0.3, 0.4) is 0 Å². The molecule has 0 aliphatic heterocycles. The van der Waals surface area contributed by atoms with E-state index in [0.29, 0.717) is 4.21 Å². The molecule has 0 aliphatic rings. The molecule has 2 N–H and O–H groups in total. The molecule has 110 valence electrons. The molecule has 0 amide bonds. The highest BCUT2D eigenvalue weighted by Gasteiger charge is 2.19. The van der Waals surface area contributed by atoms with Crippen molar-refractivity contribution in [3.05, 3.63) is 17.0 Å². The van der Waals surface area contributed by atoms with E-state index in [1.807, 2.05) is 19.9 Å². The highest BCUT2D eigenvalue weighted by atomic mass is 32.2. The zero-order valence-electron chi connectivity index (χ0n) is 11.9. The number of rotatable bonds is 9. The number of thiophene rings is 1. The smallest absolute Gasteiger partial charge is 0.250 e. The minimum Gasteiger partial charge on any atom is -0.317 e. The van der Waals surface area contributed by atoms with Crippen LogP contribution in [-0.2, 0) is 16.4 Å². The summed E-state index contributed by atoms with van der Waals surface area (Å²) in [5, 5.41) is 3.24. The maximum absolute atomic E-state index is 12.2. The quantitative estimate of drug-likeness (QED) is 0.689. The van der Waals surface area contributed by atoms with E-state index in [1.165, 1.54) is 11.3 Å². The van der Waals surface area contributed by atoms with Gasteiger partial charge in [0.25, 0.3) is 0 Å². The van der Waals surface area contributed by atoms with Crippen LogP contribution < -0.4 is 10.0 Å². The summed E-state index contributed by atoms with van der Waals surface area (Å²) >= 11 is 1.36. The first kappa shape index (κ1) is 16.6. The highest BCUT2D eigenvalue weighted by molar-refractivity contribution is 7.91. The lowest BCUT2D eigenvalue weighted by molar-refractivity contribution is 0.531. The van der Waals surface area contributed by atoms with Gasteiger partial charge in [-0.25, -0.2) is 13.1 Å². The van der Waals surface area contributed by atoms with Crippen LogP contribution in [0.15, 0.2) is 16.3 Å². The maximum Gasteiger partial charge on any atom is 0.250 e. The Morgan fingerprint density at radius 3 is 2.47 bits per heavy atom. The number of hydrogen-bond acceptors (Lipinski definition) is 4. The topological polar surface area (TPSA) is 58.2 Å². The van der Waals surface area contributed by atoms with Crippen LogP contribution >= 0.6 is 11.3 Å². The third-order valence-electron chi connectivity index (χ3n) is 3.01.